The van der Waals surface area contributed by atoms with Crippen molar-refractivity contribution in [1.29, 1.82) is 0 Å². The van der Waals surface area contributed by atoms with Crippen LogP contribution in [0, 0.1) is 6.92 Å². The highest BCUT2D eigenvalue weighted by Crippen LogP contribution is 2.15. The van der Waals surface area contributed by atoms with Crippen molar-refractivity contribution >= 4 is 11.6 Å². The highest BCUT2D eigenvalue weighted by molar-refractivity contribution is 5.92. The van der Waals surface area contributed by atoms with Gasteiger partial charge in [-0.15, -0.1) is 0 Å². The number of benzene rings is 2. The van der Waals surface area contributed by atoms with Crippen molar-refractivity contribution in [1.82, 2.24) is 0 Å². The molecule has 0 bridgehead atoms. The lowest BCUT2D eigenvalue weighted by Crippen LogP contribution is -2.24. The quantitative estimate of drug-likeness (QED) is 0.468. The molecule has 0 aliphatic rings. The number of nitrogens with two attached hydrogens (primary N) is 1. The third kappa shape index (κ3) is 5.64. The number of ether oxygens (including phenoxy) is 2. The molecule has 0 aromatic heterocycles. The Kier molecular flexibility index (Phi) is 6.44. The van der Waals surface area contributed by atoms with Gasteiger partial charge in [-0.2, -0.15) is 0 Å². The van der Waals surface area contributed by atoms with Gasteiger partial charge in [0.2, 0.25) is 0 Å². The Bertz CT molecular complexity index is 639. The summed E-state index contributed by atoms with van der Waals surface area (Å²) in [6.07, 6.45) is 0. The highest BCUT2D eigenvalue weighted by atomic mass is 16.5. The summed E-state index contributed by atoms with van der Waals surface area (Å²) in [7, 11) is 1.66. The van der Waals surface area contributed by atoms with Crippen LogP contribution in [-0.4, -0.2) is 26.2 Å². The van der Waals surface area contributed by atoms with Crippen LogP contribution in [0.4, 0.5) is 5.69 Å². The summed E-state index contributed by atoms with van der Waals surface area (Å²) in [6.45, 7) is 3.53. The summed E-state index contributed by atoms with van der Waals surface area (Å²) < 4.78 is 10.8. The van der Waals surface area contributed by atoms with Crippen molar-refractivity contribution in [3.8, 4) is 5.75 Å². The van der Waals surface area contributed by atoms with E-state index in [0.29, 0.717) is 25.7 Å². The van der Waals surface area contributed by atoms with E-state index in [1.54, 1.807) is 7.11 Å². The Hall–Kier alpha value is -2.53. The maximum absolute atomic E-state index is 5.91. The zero-order valence-electron chi connectivity index (χ0n) is 13.6. The van der Waals surface area contributed by atoms with Crippen LogP contribution >= 0.6 is 0 Å². The molecule has 0 amide bonds. The number of aryl methyl sites for hydroxylation is 1. The summed E-state index contributed by atoms with van der Waals surface area (Å²) in [5, 5.41) is 3.09. The molecule has 2 rings (SSSR count). The highest BCUT2D eigenvalue weighted by Gasteiger charge is 2.02. The number of rotatable bonds is 7. The lowest BCUT2D eigenvalue weighted by Gasteiger charge is -2.11. The standard InChI is InChI=1S/C18H23N3O2/c1-14-7-9-16(10-8-14)23-12-11-20-18(19)21-17-6-4-3-5-15(17)13-22-2/h3-10H,11-13H2,1-2H3,(H3,19,20,21). The topological polar surface area (TPSA) is 68.9 Å². The molecule has 0 saturated carbocycles. The number of hydrogen-bond donors (Lipinski definition) is 2. The number of aliphatic imine (C=N–C) groups is 1. The molecule has 0 saturated heterocycles. The first-order valence-electron chi connectivity index (χ1n) is 7.52. The van der Waals surface area contributed by atoms with Crippen molar-refractivity contribution in [2.75, 3.05) is 25.6 Å². The fourth-order valence-electron chi connectivity index (χ4n) is 2.07. The molecule has 122 valence electrons. The Labute approximate surface area is 137 Å². The largest absolute Gasteiger partial charge is 0.492 e. The molecule has 3 N–H and O–H groups in total. The summed E-state index contributed by atoms with van der Waals surface area (Å²) >= 11 is 0. The monoisotopic (exact) mass is 313 g/mol. The minimum absolute atomic E-state index is 0.362. The van der Waals surface area contributed by atoms with Crippen LogP contribution in [0.2, 0.25) is 0 Å². The van der Waals surface area contributed by atoms with E-state index in [4.69, 9.17) is 15.2 Å². The minimum Gasteiger partial charge on any atom is -0.492 e. The van der Waals surface area contributed by atoms with Crippen molar-refractivity contribution in [3.05, 3.63) is 59.7 Å². The van der Waals surface area contributed by atoms with E-state index in [9.17, 15) is 0 Å². The zero-order valence-corrected chi connectivity index (χ0v) is 13.6. The molecule has 0 heterocycles. The zero-order chi connectivity index (χ0) is 16.5. The van der Waals surface area contributed by atoms with E-state index in [1.807, 2.05) is 55.5 Å². The molecule has 0 atom stereocenters. The van der Waals surface area contributed by atoms with Gasteiger partial charge >= 0.3 is 0 Å². The van der Waals surface area contributed by atoms with Crippen molar-refractivity contribution < 1.29 is 9.47 Å². The van der Waals surface area contributed by atoms with Gasteiger partial charge in [0.05, 0.1) is 13.2 Å². The van der Waals surface area contributed by atoms with Crippen LogP contribution in [0.15, 0.2) is 53.5 Å². The van der Waals surface area contributed by atoms with Gasteiger partial charge in [-0.1, -0.05) is 35.9 Å². The van der Waals surface area contributed by atoms with E-state index in [0.717, 1.165) is 17.0 Å². The smallest absolute Gasteiger partial charge is 0.193 e. The van der Waals surface area contributed by atoms with E-state index >= 15 is 0 Å². The fourth-order valence-corrected chi connectivity index (χ4v) is 2.07. The van der Waals surface area contributed by atoms with E-state index < -0.39 is 0 Å². The van der Waals surface area contributed by atoms with Crippen LogP contribution < -0.4 is 15.8 Å². The van der Waals surface area contributed by atoms with Gasteiger partial charge in [-0.3, -0.25) is 0 Å². The Morgan fingerprint density at radius 2 is 1.87 bits per heavy atom. The van der Waals surface area contributed by atoms with Gasteiger partial charge in [0.25, 0.3) is 0 Å². The SMILES string of the molecule is COCc1ccccc1NC(N)=NCCOc1ccc(C)cc1. The molecule has 2 aromatic carbocycles. The number of hydrogen-bond acceptors (Lipinski definition) is 3. The number of nitrogens with zero attached hydrogens (tertiary/aromatic N) is 1. The van der Waals surface area contributed by atoms with Gasteiger partial charge in [0.15, 0.2) is 5.96 Å². The number of nitrogens with one attached hydrogen (secondary N) is 1. The Morgan fingerprint density at radius 1 is 1.13 bits per heavy atom. The molecular formula is C18H23N3O2. The second-order valence-corrected chi connectivity index (χ2v) is 5.14. The first-order valence-corrected chi connectivity index (χ1v) is 7.52. The van der Waals surface area contributed by atoms with E-state index in [1.165, 1.54) is 5.56 Å². The van der Waals surface area contributed by atoms with Crippen molar-refractivity contribution in [2.24, 2.45) is 10.7 Å². The van der Waals surface area contributed by atoms with Gasteiger partial charge in [-0.25, -0.2) is 4.99 Å². The first kappa shape index (κ1) is 16.8. The Morgan fingerprint density at radius 3 is 2.61 bits per heavy atom. The molecule has 0 aliphatic carbocycles. The molecule has 5 heteroatoms. The van der Waals surface area contributed by atoms with E-state index in [-0.39, 0.29) is 0 Å². The van der Waals surface area contributed by atoms with E-state index in [2.05, 4.69) is 10.3 Å². The van der Waals surface area contributed by atoms with Gasteiger partial charge in [0.1, 0.15) is 12.4 Å². The third-order valence-corrected chi connectivity index (χ3v) is 3.24. The molecule has 0 aliphatic heterocycles. The summed E-state index contributed by atoms with van der Waals surface area (Å²) in [4.78, 5) is 4.27. The van der Waals surface area contributed by atoms with Gasteiger partial charge in [0, 0.05) is 18.4 Å². The second kappa shape index (κ2) is 8.80. The number of para-hydroxylation sites is 1. The average Bonchev–Trinajstić information content (AvgIpc) is 2.55. The molecule has 0 fully saturated rings. The van der Waals surface area contributed by atoms with Crippen molar-refractivity contribution in [3.63, 3.8) is 0 Å². The van der Waals surface area contributed by atoms with Crippen LogP contribution in [0.25, 0.3) is 0 Å². The lowest BCUT2D eigenvalue weighted by molar-refractivity contribution is 0.185. The second-order valence-electron chi connectivity index (χ2n) is 5.14. The molecule has 0 spiro atoms. The summed E-state index contributed by atoms with van der Waals surface area (Å²) in [5.74, 6) is 1.20. The Balaban J connectivity index is 1.82. The van der Waals surface area contributed by atoms with Crippen LogP contribution in [0.5, 0.6) is 5.75 Å². The maximum atomic E-state index is 5.91. The van der Waals surface area contributed by atoms with Crippen LogP contribution in [0.3, 0.4) is 0 Å². The van der Waals surface area contributed by atoms with Gasteiger partial charge in [-0.05, 0) is 25.1 Å². The molecule has 0 radical (unpaired) electrons. The minimum atomic E-state index is 0.362. The van der Waals surface area contributed by atoms with Crippen LogP contribution in [-0.2, 0) is 11.3 Å². The normalized spacial score (nSPS) is 11.3. The summed E-state index contributed by atoms with van der Waals surface area (Å²) in [6, 6.07) is 15.8. The summed E-state index contributed by atoms with van der Waals surface area (Å²) in [5.41, 5.74) is 9.05. The predicted octanol–water partition coefficient (Wildman–Crippen LogP) is 2.95. The maximum Gasteiger partial charge on any atom is 0.193 e. The molecule has 5 nitrogen and oxygen atoms in total. The molecule has 0 unspecified atom stereocenters. The average molecular weight is 313 g/mol. The van der Waals surface area contributed by atoms with Crippen molar-refractivity contribution in [2.45, 2.75) is 13.5 Å². The third-order valence-electron chi connectivity index (χ3n) is 3.24. The van der Waals surface area contributed by atoms with Gasteiger partial charge < -0.3 is 20.5 Å². The first-order chi connectivity index (χ1) is 11.2. The fraction of sp³-hybridized carbons (Fsp3) is 0.278. The van der Waals surface area contributed by atoms with Crippen LogP contribution in [0.1, 0.15) is 11.1 Å². The molecule has 2 aromatic rings. The number of anilines is 1. The predicted molar refractivity (Wildman–Crippen MR) is 93.9 cm³/mol. The number of guanidine groups is 1. The molecular weight excluding hydrogens is 290 g/mol. The number of methoxy groups -OCH3 is 1. The lowest BCUT2D eigenvalue weighted by atomic mass is 10.2. The molecule has 23 heavy (non-hydrogen) atoms.